The number of anilines is 2. The fraction of sp³-hybridized carbons (Fsp3) is 0.400. The van der Waals surface area contributed by atoms with Crippen LogP contribution in [0.4, 0.5) is 17.8 Å². The Labute approximate surface area is 74.2 Å². The lowest BCUT2D eigenvalue weighted by Gasteiger charge is -2.12. The minimum absolute atomic E-state index is 0.0000926. The molecule has 70 valence electrons. The highest BCUT2D eigenvalue weighted by atomic mass is 16.7. The van der Waals surface area contributed by atoms with Gasteiger partial charge in [0.05, 0.1) is 7.11 Å². The third-order valence-electron chi connectivity index (χ3n) is 1.28. The molecule has 0 spiro atoms. The van der Waals surface area contributed by atoms with Crippen molar-refractivity contribution in [3.05, 3.63) is 0 Å². The zero-order chi connectivity index (χ0) is 9.84. The molecular weight excluding hydrogens is 174 g/mol. The summed E-state index contributed by atoms with van der Waals surface area (Å²) < 4.78 is 0. The van der Waals surface area contributed by atoms with Crippen molar-refractivity contribution in [2.24, 2.45) is 5.11 Å². The zero-order valence-corrected chi connectivity index (χ0v) is 7.22. The first kappa shape index (κ1) is 9.26. The Hall–Kier alpha value is -1.83. The van der Waals surface area contributed by atoms with Crippen molar-refractivity contribution >= 4 is 17.8 Å². The van der Waals surface area contributed by atoms with Crippen molar-refractivity contribution in [1.29, 1.82) is 5.53 Å². The molecule has 3 N–H and O–H groups in total. The summed E-state index contributed by atoms with van der Waals surface area (Å²) in [6, 6.07) is 0. The second-order valence-corrected chi connectivity index (χ2v) is 2.09. The largest absolute Gasteiger partial charge is 0.368 e. The van der Waals surface area contributed by atoms with Crippen molar-refractivity contribution in [1.82, 2.24) is 15.0 Å². The fourth-order valence-corrected chi connectivity index (χ4v) is 0.642. The van der Waals surface area contributed by atoms with Crippen molar-refractivity contribution < 1.29 is 4.84 Å². The van der Waals surface area contributed by atoms with Gasteiger partial charge in [0.1, 0.15) is 0 Å². The molecule has 0 saturated heterocycles. The zero-order valence-electron chi connectivity index (χ0n) is 7.22. The average molecular weight is 183 g/mol. The predicted octanol–water partition coefficient (Wildman–Crippen LogP) is 0.114. The Bertz CT molecular complexity index is 314. The minimum Gasteiger partial charge on any atom is -0.368 e. The van der Waals surface area contributed by atoms with E-state index in [1.807, 2.05) is 0 Å². The smallest absolute Gasteiger partial charge is 0.274 e. The molecule has 0 radical (unpaired) electrons. The van der Waals surface area contributed by atoms with Gasteiger partial charge in [0.2, 0.25) is 5.95 Å². The van der Waals surface area contributed by atoms with Crippen molar-refractivity contribution in [2.45, 2.75) is 0 Å². The molecule has 0 fully saturated rings. The summed E-state index contributed by atoms with van der Waals surface area (Å²) in [6.07, 6.45) is 0. The van der Waals surface area contributed by atoms with Gasteiger partial charge in [0.25, 0.3) is 11.9 Å². The van der Waals surface area contributed by atoms with Gasteiger partial charge < -0.3 is 5.73 Å². The van der Waals surface area contributed by atoms with E-state index in [0.717, 1.165) is 0 Å². The molecule has 0 unspecified atom stereocenters. The highest BCUT2D eigenvalue weighted by molar-refractivity contribution is 5.36. The van der Waals surface area contributed by atoms with Gasteiger partial charge in [-0.25, -0.2) is 10.6 Å². The molecule has 0 saturated carbocycles. The lowest BCUT2D eigenvalue weighted by molar-refractivity contribution is 0.180. The molecule has 0 aliphatic heterocycles. The first-order chi connectivity index (χ1) is 6.17. The number of nitrogens with two attached hydrogens (primary N) is 1. The van der Waals surface area contributed by atoms with Crippen LogP contribution in [0.15, 0.2) is 5.11 Å². The summed E-state index contributed by atoms with van der Waals surface area (Å²) in [6.45, 7) is 0. The molecule has 13 heavy (non-hydrogen) atoms. The van der Waals surface area contributed by atoms with Crippen LogP contribution < -0.4 is 10.8 Å². The Balaban J connectivity index is 3.07. The number of hydrogen-bond acceptors (Lipinski definition) is 8. The van der Waals surface area contributed by atoms with Crippen LogP contribution in [0.5, 0.6) is 0 Å². The number of aromatic nitrogens is 3. The van der Waals surface area contributed by atoms with E-state index in [1.165, 1.54) is 12.2 Å². The van der Waals surface area contributed by atoms with E-state index in [1.54, 1.807) is 7.05 Å². The molecule has 0 amide bonds. The van der Waals surface area contributed by atoms with Gasteiger partial charge in [0, 0.05) is 7.05 Å². The van der Waals surface area contributed by atoms with Gasteiger partial charge in [-0.1, -0.05) is 0 Å². The second kappa shape index (κ2) is 3.72. The molecule has 1 rings (SSSR count). The standard InChI is InChI=1S/C5H9N7O/c1-12(13-2)5-9-3(6)8-4(10-5)11-7/h7H,1-2H3,(H2,6,8,9,10). The molecule has 1 aromatic heterocycles. The van der Waals surface area contributed by atoms with Gasteiger partial charge in [-0.05, 0) is 0 Å². The first-order valence-electron chi connectivity index (χ1n) is 3.34. The van der Waals surface area contributed by atoms with Crippen LogP contribution >= 0.6 is 0 Å². The number of nitrogens with zero attached hydrogens (tertiary/aromatic N) is 5. The van der Waals surface area contributed by atoms with Crippen LogP contribution in [0.25, 0.3) is 0 Å². The number of rotatable bonds is 3. The van der Waals surface area contributed by atoms with E-state index in [-0.39, 0.29) is 17.8 Å². The van der Waals surface area contributed by atoms with Gasteiger partial charge >= 0.3 is 0 Å². The average Bonchev–Trinajstić information content (AvgIpc) is 2.15. The molecular formula is C5H9N7O. The fourth-order valence-electron chi connectivity index (χ4n) is 0.642. The first-order valence-corrected chi connectivity index (χ1v) is 3.34. The Morgan fingerprint density at radius 3 is 2.69 bits per heavy atom. The van der Waals surface area contributed by atoms with Crippen LogP contribution in [-0.2, 0) is 4.84 Å². The third-order valence-corrected chi connectivity index (χ3v) is 1.28. The molecule has 1 aromatic rings. The van der Waals surface area contributed by atoms with Crippen molar-refractivity contribution in [2.75, 3.05) is 25.0 Å². The number of nitrogens with one attached hydrogen (secondary N) is 1. The molecule has 8 heteroatoms. The quantitative estimate of drug-likeness (QED) is 0.508. The monoisotopic (exact) mass is 183 g/mol. The third kappa shape index (κ3) is 2.06. The topological polar surface area (TPSA) is 113 Å². The predicted molar refractivity (Wildman–Crippen MR) is 44.5 cm³/mol. The van der Waals surface area contributed by atoms with E-state index in [2.05, 4.69) is 20.1 Å². The van der Waals surface area contributed by atoms with E-state index >= 15 is 0 Å². The SMILES string of the molecule is CON(C)c1nc(N)nc(N=N)n1. The van der Waals surface area contributed by atoms with Gasteiger partial charge in [0.15, 0.2) is 0 Å². The lowest BCUT2D eigenvalue weighted by atomic mass is 10.8. The van der Waals surface area contributed by atoms with Crippen LogP contribution in [-0.4, -0.2) is 29.1 Å². The van der Waals surface area contributed by atoms with Gasteiger partial charge in [-0.2, -0.15) is 15.0 Å². The van der Waals surface area contributed by atoms with E-state index in [9.17, 15) is 0 Å². The van der Waals surface area contributed by atoms with E-state index in [0.29, 0.717) is 0 Å². The Morgan fingerprint density at radius 2 is 2.15 bits per heavy atom. The minimum atomic E-state index is -0.0496. The Kier molecular flexibility index (Phi) is 2.65. The highest BCUT2D eigenvalue weighted by Crippen LogP contribution is 2.11. The van der Waals surface area contributed by atoms with Crippen LogP contribution in [0.1, 0.15) is 0 Å². The molecule has 0 aliphatic carbocycles. The van der Waals surface area contributed by atoms with Gasteiger partial charge in [-0.15, -0.1) is 5.11 Å². The molecule has 1 heterocycles. The van der Waals surface area contributed by atoms with Crippen LogP contribution in [0, 0.1) is 5.53 Å². The summed E-state index contributed by atoms with van der Waals surface area (Å²) in [5, 5.41) is 4.32. The molecule has 0 aliphatic rings. The van der Waals surface area contributed by atoms with E-state index < -0.39 is 0 Å². The number of hydrogen-bond donors (Lipinski definition) is 2. The van der Waals surface area contributed by atoms with Crippen LogP contribution in [0.2, 0.25) is 0 Å². The summed E-state index contributed by atoms with van der Waals surface area (Å²) in [5.74, 6) is 0.160. The number of hydroxylamine groups is 1. The molecule has 0 aromatic carbocycles. The van der Waals surface area contributed by atoms with E-state index in [4.69, 9.17) is 16.1 Å². The van der Waals surface area contributed by atoms with Crippen molar-refractivity contribution in [3.8, 4) is 0 Å². The molecule has 8 nitrogen and oxygen atoms in total. The van der Waals surface area contributed by atoms with Crippen LogP contribution in [0.3, 0.4) is 0 Å². The normalized spacial score (nSPS) is 9.69. The molecule has 0 atom stereocenters. The molecule has 0 bridgehead atoms. The maximum atomic E-state index is 6.69. The maximum Gasteiger partial charge on any atom is 0.274 e. The summed E-state index contributed by atoms with van der Waals surface area (Å²) in [5.41, 5.74) is 12.0. The lowest BCUT2D eigenvalue weighted by Crippen LogP contribution is -2.18. The second-order valence-electron chi connectivity index (χ2n) is 2.09. The maximum absolute atomic E-state index is 6.69. The summed E-state index contributed by atoms with van der Waals surface area (Å²) >= 11 is 0. The summed E-state index contributed by atoms with van der Waals surface area (Å²) in [4.78, 5) is 15.9. The number of nitrogen functional groups attached to an aromatic ring is 1. The summed E-state index contributed by atoms with van der Waals surface area (Å²) in [7, 11) is 3.06. The Morgan fingerprint density at radius 1 is 1.46 bits per heavy atom. The highest BCUT2D eigenvalue weighted by Gasteiger charge is 2.07. The van der Waals surface area contributed by atoms with Gasteiger partial charge in [-0.3, -0.25) is 4.84 Å². The van der Waals surface area contributed by atoms with Crippen molar-refractivity contribution in [3.63, 3.8) is 0 Å².